The Morgan fingerprint density at radius 2 is 1.88 bits per heavy atom. The number of nitrogens with one attached hydrogen (secondary N) is 1. The van der Waals surface area contributed by atoms with Crippen LogP contribution in [0.3, 0.4) is 0 Å². The van der Waals surface area contributed by atoms with Gasteiger partial charge in [0.25, 0.3) is 0 Å². The number of halogens is 2. The Morgan fingerprint density at radius 3 is 2.56 bits per heavy atom. The number of hydrogen-bond acceptors (Lipinski definition) is 3. The largest absolute Gasteiger partial charge is 0.490 e. The average molecular weight is 366 g/mol. The summed E-state index contributed by atoms with van der Waals surface area (Å²) >= 11 is 6.05. The van der Waals surface area contributed by atoms with E-state index in [2.05, 4.69) is 19.2 Å². The fraction of sp³-hybridized carbons (Fsp3) is 0.400. The van der Waals surface area contributed by atoms with Gasteiger partial charge in [0.2, 0.25) is 0 Å². The molecule has 136 valence electrons. The highest BCUT2D eigenvalue weighted by atomic mass is 35.5. The zero-order valence-electron chi connectivity index (χ0n) is 14.9. The van der Waals surface area contributed by atoms with E-state index >= 15 is 0 Å². The molecule has 1 atom stereocenters. The zero-order valence-corrected chi connectivity index (χ0v) is 15.7. The predicted octanol–water partition coefficient (Wildman–Crippen LogP) is 5.34. The summed E-state index contributed by atoms with van der Waals surface area (Å²) in [5, 5.41) is 3.81. The zero-order chi connectivity index (χ0) is 18.2. The van der Waals surface area contributed by atoms with Crippen LogP contribution in [0, 0.1) is 5.82 Å². The van der Waals surface area contributed by atoms with Crippen LogP contribution in [0.2, 0.25) is 5.02 Å². The van der Waals surface area contributed by atoms with Crippen LogP contribution in [-0.4, -0.2) is 12.6 Å². The number of benzene rings is 2. The summed E-state index contributed by atoms with van der Waals surface area (Å²) in [6.45, 7) is 7.83. The van der Waals surface area contributed by atoms with Crippen molar-refractivity contribution in [2.75, 3.05) is 6.61 Å². The summed E-state index contributed by atoms with van der Waals surface area (Å²) in [6.07, 6.45) is 1.08. The van der Waals surface area contributed by atoms with Crippen LogP contribution >= 0.6 is 11.6 Å². The van der Waals surface area contributed by atoms with Gasteiger partial charge in [0.05, 0.1) is 11.6 Å². The molecule has 1 unspecified atom stereocenters. The molecular formula is C20H25ClFNO2. The van der Waals surface area contributed by atoms with Crippen LogP contribution in [0.1, 0.15) is 38.3 Å². The highest BCUT2D eigenvalue weighted by molar-refractivity contribution is 6.31. The van der Waals surface area contributed by atoms with Crippen molar-refractivity contribution in [3.05, 3.63) is 58.4 Å². The van der Waals surface area contributed by atoms with Crippen LogP contribution in [0.5, 0.6) is 11.5 Å². The maximum absolute atomic E-state index is 13.1. The Kier molecular flexibility index (Phi) is 7.53. The van der Waals surface area contributed by atoms with Crippen LogP contribution < -0.4 is 14.8 Å². The summed E-state index contributed by atoms with van der Waals surface area (Å²) in [5.41, 5.74) is 1.86. The molecule has 0 radical (unpaired) electrons. The van der Waals surface area contributed by atoms with Gasteiger partial charge in [-0.1, -0.05) is 30.7 Å². The van der Waals surface area contributed by atoms with Gasteiger partial charge in [-0.3, -0.25) is 0 Å². The molecular weight excluding hydrogens is 341 g/mol. The molecule has 0 heterocycles. The lowest BCUT2D eigenvalue weighted by Gasteiger charge is -2.15. The highest BCUT2D eigenvalue weighted by Crippen LogP contribution is 2.30. The average Bonchev–Trinajstić information content (AvgIpc) is 2.60. The first-order valence-corrected chi connectivity index (χ1v) is 8.97. The minimum Gasteiger partial charge on any atom is -0.490 e. The third kappa shape index (κ3) is 5.91. The topological polar surface area (TPSA) is 30.5 Å². The van der Waals surface area contributed by atoms with Gasteiger partial charge in [0, 0.05) is 18.2 Å². The van der Waals surface area contributed by atoms with E-state index in [9.17, 15) is 4.39 Å². The molecule has 2 rings (SSSR count). The van der Waals surface area contributed by atoms with E-state index in [-0.39, 0.29) is 12.4 Å². The minimum absolute atomic E-state index is 0.254. The van der Waals surface area contributed by atoms with E-state index in [0.29, 0.717) is 29.2 Å². The monoisotopic (exact) mass is 365 g/mol. The standard InChI is InChI=1S/C20H25ClFNO2/c1-4-14(3)23-12-15-6-9-19(20(10-15)24-5-2)25-13-16-7-8-17(22)11-18(16)21/h6-11,14,23H,4-5,12-13H2,1-3H3. The minimum atomic E-state index is -0.359. The molecule has 0 fully saturated rings. The Bertz CT molecular complexity index is 693. The quantitative estimate of drug-likeness (QED) is 0.650. The molecule has 0 aliphatic heterocycles. The van der Waals surface area contributed by atoms with E-state index < -0.39 is 0 Å². The second-order valence-electron chi connectivity index (χ2n) is 5.93. The molecule has 0 aromatic heterocycles. The first-order valence-electron chi connectivity index (χ1n) is 8.59. The number of rotatable bonds is 9. The third-order valence-electron chi connectivity index (χ3n) is 3.97. The van der Waals surface area contributed by atoms with E-state index in [0.717, 1.165) is 24.1 Å². The molecule has 0 spiro atoms. The second kappa shape index (κ2) is 9.64. The van der Waals surface area contributed by atoms with Crippen molar-refractivity contribution >= 4 is 11.6 Å². The number of hydrogen-bond donors (Lipinski definition) is 1. The summed E-state index contributed by atoms with van der Waals surface area (Å²) in [5.74, 6) is 0.987. The Hall–Kier alpha value is -1.78. The molecule has 0 aliphatic rings. The summed E-state index contributed by atoms with van der Waals surface area (Å²) < 4.78 is 24.7. The first-order chi connectivity index (χ1) is 12.0. The Labute approximate surface area is 154 Å². The van der Waals surface area contributed by atoms with E-state index in [1.807, 2.05) is 25.1 Å². The van der Waals surface area contributed by atoms with Gasteiger partial charge in [-0.05, 0) is 50.1 Å². The maximum atomic E-state index is 13.1. The summed E-state index contributed by atoms with van der Waals surface area (Å²) in [7, 11) is 0. The Morgan fingerprint density at radius 1 is 1.08 bits per heavy atom. The summed E-state index contributed by atoms with van der Waals surface area (Å²) in [4.78, 5) is 0. The van der Waals surface area contributed by atoms with Crippen LogP contribution in [0.25, 0.3) is 0 Å². The molecule has 0 saturated heterocycles. The highest BCUT2D eigenvalue weighted by Gasteiger charge is 2.09. The van der Waals surface area contributed by atoms with Gasteiger partial charge in [-0.15, -0.1) is 0 Å². The lowest BCUT2D eigenvalue weighted by atomic mass is 10.1. The van der Waals surface area contributed by atoms with Crippen molar-refractivity contribution in [2.24, 2.45) is 0 Å². The summed E-state index contributed by atoms with van der Waals surface area (Å²) in [6, 6.07) is 10.6. The molecule has 0 amide bonds. The molecule has 1 N–H and O–H groups in total. The van der Waals surface area contributed by atoms with Crippen molar-refractivity contribution in [1.29, 1.82) is 0 Å². The normalized spacial score (nSPS) is 12.0. The van der Waals surface area contributed by atoms with Crippen molar-refractivity contribution in [2.45, 2.75) is 46.4 Å². The maximum Gasteiger partial charge on any atom is 0.161 e. The van der Waals surface area contributed by atoms with Crippen LogP contribution in [0.15, 0.2) is 36.4 Å². The number of ether oxygens (including phenoxy) is 2. The Balaban J connectivity index is 2.08. The van der Waals surface area contributed by atoms with Crippen molar-refractivity contribution in [3.63, 3.8) is 0 Å². The molecule has 3 nitrogen and oxygen atoms in total. The molecule has 0 aliphatic carbocycles. The van der Waals surface area contributed by atoms with Gasteiger partial charge in [0.15, 0.2) is 11.5 Å². The smallest absolute Gasteiger partial charge is 0.161 e. The SMILES string of the molecule is CCOc1cc(CNC(C)CC)ccc1OCc1ccc(F)cc1Cl. The predicted molar refractivity (Wildman–Crippen MR) is 99.9 cm³/mol. The first kappa shape index (κ1) is 19.5. The fourth-order valence-corrected chi connectivity index (χ4v) is 2.50. The lowest BCUT2D eigenvalue weighted by Crippen LogP contribution is -2.24. The van der Waals surface area contributed by atoms with Crippen LogP contribution in [-0.2, 0) is 13.2 Å². The molecule has 2 aromatic rings. The van der Waals surface area contributed by atoms with Crippen molar-refractivity contribution in [1.82, 2.24) is 5.32 Å². The second-order valence-corrected chi connectivity index (χ2v) is 6.34. The molecule has 2 aromatic carbocycles. The van der Waals surface area contributed by atoms with Gasteiger partial charge in [0.1, 0.15) is 12.4 Å². The molecule has 0 bridgehead atoms. The van der Waals surface area contributed by atoms with Gasteiger partial charge in [-0.25, -0.2) is 4.39 Å². The van der Waals surface area contributed by atoms with Crippen LogP contribution in [0.4, 0.5) is 4.39 Å². The molecule has 5 heteroatoms. The van der Waals surface area contributed by atoms with Gasteiger partial charge >= 0.3 is 0 Å². The van der Waals surface area contributed by atoms with E-state index in [4.69, 9.17) is 21.1 Å². The van der Waals surface area contributed by atoms with Crippen molar-refractivity contribution < 1.29 is 13.9 Å². The third-order valence-corrected chi connectivity index (χ3v) is 4.33. The van der Waals surface area contributed by atoms with Gasteiger partial charge < -0.3 is 14.8 Å². The lowest BCUT2D eigenvalue weighted by molar-refractivity contribution is 0.269. The van der Waals surface area contributed by atoms with Crippen molar-refractivity contribution in [3.8, 4) is 11.5 Å². The van der Waals surface area contributed by atoms with Gasteiger partial charge in [-0.2, -0.15) is 0 Å². The fourth-order valence-electron chi connectivity index (χ4n) is 2.28. The van der Waals surface area contributed by atoms with E-state index in [1.54, 1.807) is 6.07 Å². The molecule has 25 heavy (non-hydrogen) atoms. The molecule has 0 saturated carbocycles. The van der Waals surface area contributed by atoms with E-state index in [1.165, 1.54) is 12.1 Å².